The molecule has 1 atom stereocenters. The van der Waals surface area contributed by atoms with E-state index in [-0.39, 0.29) is 5.78 Å². The Bertz CT molecular complexity index is 179. The third-order valence-corrected chi connectivity index (χ3v) is 3.21. The first-order chi connectivity index (χ1) is 4.99. The Kier molecular flexibility index (Phi) is 3.99. The van der Waals surface area contributed by atoms with Crippen LogP contribution in [0.4, 0.5) is 0 Å². The van der Waals surface area contributed by atoms with E-state index in [2.05, 4.69) is 4.74 Å². The molecule has 11 heavy (non-hydrogen) atoms. The van der Waals surface area contributed by atoms with Crippen molar-refractivity contribution in [3.63, 3.8) is 0 Å². The van der Waals surface area contributed by atoms with E-state index in [9.17, 15) is 9.59 Å². The Hall–Kier alpha value is -0.130. The Balaban J connectivity index is 4.59. The van der Waals surface area contributed by atoms with Gasteiger partial charge in [0.15, 0.2) is 0 Å². The standard InChI is InChI=1S/C7H11IO3/c1-5(9)7(2,4-8)6(10)11-3/h4H2,1-3H3. The molecular weight excluding hydrogens is 259 g/mol. The van der Waals surface area contributed by atoms with Crippen LogP contribution in [0.25, 0.3) is 0 Å². The van der Waals surface area contributed by atoms with Gasteiger partial charge < -0.3 is 4.74 Å². The van der Waals surface area contributed by atoms with Crippen molar-refractivity contribution in [3.8, 4) is 0 Å². The number of ether oxygens (including phenoxy) is 1. The lowest BCUT2D eigenvalue weighted by Crippen LogP contribution is -2.37. The first-order valence-electron chi connectivity index (χ1n) is 3.14. The molecule has 0 saturated carbocycles. The Labute approximate surface area is 79.6 Å². The molecule has 0 aliphatic carbocycles. The summed E-state index contributed by atoms with van der Waals surface area (Å²) in [5.41, 5.74) is -0.963. The van der Waals surface area contributed by atoms with Crippen LogP contribution in [-0.4, -0.2) is 23.3 Å². The van der Waals surface area contributed by atoms with E-state index in [1.54, 1.807) is 6.92 Å². The van der Waals surface area contributed by atoms with Gasteiger partial charge in [-0.15, -0.1) is 0 Å². The molecule has 0 aromatic rings. The highest BCUT2D eigenvalue weighted by Gasteiger charge is 2.38. The van der Waals surface area contributed by atoms with E-state index in [1.165, 1.54) is 14.0 Å². The molecule has 1 unspecified atom stereocenters. The Morgan fingerprint density at radius 1 is 1.55 bits per heavy atom. The van der Waals surface area contributed by atoms with Gasteiger partial charge in [0.05, 0.1) is 7.11 Å². The van der Waals surface area contributed by atoms with Crippen LogP contribution in [0.5, 0.6) is 0 Å². The van der Waals surface area contributed by atoms with Gasteiger partial charge in [0.1, 0.15) is 11.2 Å². The summed E-state index contributed by atoms with van der Waals surface area (Å²) in [6.07, 6.45) is 0. The average molecular weight is 270 g/mol. The van der Waals surface area contributed by atoms with Crippen molar-refractivity contribution in [1.29, 1.82) is 0 Å². The number of ketones is 1. The minimum Gasteiger partial charge on any atom is -0.468 e. The number of alkyl halides is 1. The predicted octanol–water partition coefficient (Wildman–Crippen LogP) is 1.19. The van der Waals surface area contributed by atoms with Crippen molar-refractivity contribution in [2.45, 2.75) is 13.8 Å². The van der Waals surface area contributed by atoms with Gasteiger partial charge in [-0.3, -0.25) is 9.59 Å². The second-order valence-corrected chi connectivity index (χ2v) is 3.28. The first-order valence-corrected chi connectivity index (χ1v) is 4.67. The molecule has 0 amide bonds. The van der Waals surface area contributed by atoms with Crippen molar-refractivity contribution in [3.05, 3.63) is 0 Å². The number of carbonyl (C=O) groups is 2. The summed E-state index contributed by atoms with van der Waals surface area (Å²) < 4.78 is 4.95. The number of hydrogen-bond donors (Lipinski definition) is 0. The normalized spacial score (nSPS) is 15.3. The van der Waals surface area contributed by atoms with Gasteiger partial charge in [0, 0.05) is 4.43 Å². The molecule has 0 radical (unpaired) electrons. The minimum atomic E-state index is -0.963. The van der Waals surface area contributed by atoms with E-state index >= 15 is 0 Å². The third kappa shape index (κ3) is 2.15. The molecule has 0 spiro atoms. The summed E-state index contributed by atoms with van der Waals surface area (Å²) >= 11 is 2.00. The SMILES string of the molecule is COC(=O)C(C)(CI)C(C)=O. The van der Waals surface area contributed by atoms with Crippen LogP contribution in [0.1, 0.15) is 13.8 Å². The van der Waals surface area contributed by atoms with Crippen LogP contribution in [0.2, 0.25) is 0 Å². The molecule has 0 aromatic carbocycles. The molecular formula is C7H11IO3. The van der Waals surface area contributed by atoms with Crippen molar-refractivity contribution in [2.24, 2.45) is 5.41 Å². The highest BCUT2D eigenvalue weighted by Crippen LogP contribution is 2.22. The summed E-state index contributed by atoms with van der Waals surface area (Å²) in [6, 6.07) is 0. The lowest BCUT2D eigenvalue weighted by molar-refractivity contribution is -0.154. The van der Waals surface area contributed by atoms with Crippen LogP contribution in [0.3, 0.4) is 0 Å². The van der Waals surface area contributed by atoms with Crippen LogP contribution in [-0.2, 0) is 14.3 Å². The maximum atomic E-state index is 11.1. The molecule has 0 rings (SSSR count). The van der Waals surface area contributed by atoms with Crippen molar-refractivity contribution < 1.29 is 14.3 Å². The number of esters is 1. The topological polar surface area (TPSA) is 43.4 Å². The summed E-state index contributed by atoms with van der Waals surface area (Å²) in [5.74, 6) is -0.613. The number of halogens is 1. The van der Waals surface area contributed by atoms with E-state index < -0.39 is 11.4 Å². The van der Waals surface area contributed by atoms with E-state index in [1.807, 2.05) is 22.6 Å². The number of hydrogen-bond acceptors (Lipinski definition) is 3. The van der Waals surface area contributed by atoms with Crippen molar-refractivity contribution in [2.75, 3.05) is 11.5 Å². The summed E-state index contributed by atoms with van der Waals surface area (Å²) in [5, 5.41) is 0. The molecule has 0 saturated heterocycles. The molecule has 0 fully saturated rings. The zero-order chi connectivity index (χ0) is 9.07. The molecule has 0 bridgehead atoms. The molecule has 0 heterocycles. The van der Waals surface area contributed by atoms with Gasteiger partial charge in [-0.05, 0) is 13.8 Å². The van der Waals surface area contributed by atoms with E-state index in [4.69, 9.17) is 0 Å². The Morgan fingerprint density at radius 3 is 2.09 bits per heavy atom. The fourth-order valence-electron chi connectivity index (χ4n) is 0.518. The second kappa shape index (κ2) is 4.04. The number of Topliss-reactive ketones (excluding diaryl/α,β-unsaturated/α-hetero) is 1. The average Bonchev–Trinajstić information content (AvgIpc) is 2.01. The van der Waals surface area contributed by atoms with E-state index in [0.717, 1.165) is 0 Å². The zero-order valence-corrected chi connectivity index (χ0v) is 8.97. The molecule has 3 nitrogen and oxygen atoms in total. The maximum absolute atomic E-state index is 11.1. The van der Waals surface area contributed by atoms with Gasteiger partial charge in [-0.2, -0.15) is 0 Å². The molecule has 64 valence electrons. The van der Waals surface area contributed by atoms with Crippen LogP contribution >= 0.6 is 22.6 Å². The number of carbonyl (C=O) groups excluding carboxylic acids is 2. The smallest absolute Gasteiger partial charge is 0.319 e. The molecule has 0 aromatic heterocycles. The van der Waals surface area contributed by atoms with Crippen molar-refractivity contribution in [1.82, 2.24) is 0 Å². The summed E-state index contributed by atoms with van der Waals surface area (Å²) in [7, 11) is 1.29. The number of rotatable bonds is 3. The quantitative estimate of drug-likeness (QED) is 0.335. The maximum Gasteiger partial charge on any atom is 0.319 e. The lowest BCUT2D eigenvalue weighted by Gasteiger charge is -2.19. The van der Waals surface area contributed by atoms with Crippen LogP contribution < -0.4 is 0 Å². The molecule has 0 aliphatic rings. The van der Waals surface area contributed by atoms with Gasteiger partial charge in [-0.25, -0.2) is 0 Å². The monoisotopic (exact) mass is 270 g/mol. The first kappa shape index (κ1) is 10.9. The molecule has 0 N–H and O–H groups in total. The number of methoxy groups -OCH3 is 1. The van der Waals surface area contributed by atoms with E-state index in [0.29, 0.717) is 4.43 Å². The van der Waals surface area contributed by atoms with Crippen molar-refractivity contribution >= 4 is 34.3 Å². The second-order valence-electron chi connectivity index (χ2n) is 2.51. The fraction of sp³-hybridized carbons (Fsp3) is 0.714. The van der Waals surface area contributed by atoms with Crippen LogP contribution in [0, 0.1) is 5.41 Å². The van der Waals surface area contributed by atoms with Gasteiger partial charge >= 0.3 is 5.97 Å². The largest absolute Gasteiger partial charge is 0.468 e. The van der Waals surface area contributed by atoms with Gasteiger partial charge in [0.2, 0.25) is 0 Å². The fourth-order valence-corrected chi connectivity index (χ4v) is 1.37. The predicted molar refractivity (Wildman–Crippen MR) is 49.7 cm³/mol. The molecule has 4 heteroatoms. The summed E-state index contributed by atoms with van der Waals surface area (Å²) in [4.78, 5) is 22.0. The summed E-state index contributed by atoms with van der Waals surface area (Å²) in [6.45, 7) is 2.99. The third-order valence-electron chi connectivity index (χ3n) is 1.68. The zero-order valence-electron chi connectivity index (χ0n) is 6.81. The van der Waals surface area contributed by atoms with Gasteiger partial charge in [-0.1, -0.05) is 22.6 Å². The van der Waals surface area contributed by atoms with Gasteiger partial charge in [0.25, 0.3) is 0 Å². The lowest BCUT2D eigenvalue weighted by atomic mass is 9.89. The molecule has 0 aliphatic heterocycles. The highest BCUT2D eigenvalue weighted by atomic mass is 127. The minimum absolute atomic E-state index is 0.154. The highest BCUT2D eigenvalue weighted by molar-refractivity contribution is 14.1. The Morgan fingerprint density at radius 2 is 2.00 bits per heavy atom. The van der Waals surface area contributed by atoms with Crippen LogP contribution in [0.15, 0.2) is 0 Å².